The number of imidazole rings is 1. The highest BCUT2D eigenvalue weighted by atomic mass is 35.5. The first-order valence-corrected chi connectivity index (χ1v) is 11.9. The third kappa shape index (κ3) is 4.44. The summed E-state index contributed by atoms with van der Waals surface area (Å²) < 4.78 is 6.14. The molecule has 34 heavy (non-hydrogen) atoms. The topological polar surface area (TPSA) is 89.4 Å². The van der Waals surface area contributed by atoms with Crippen LogP contribution in [0.5, 0.6) is 0 Å². The largest absolute Gasteiger partial charge is 0.503 e. The summed E-state index contributed by atoms with van der Waals surface area (Å²) in [5.41, 5.74) is 6.83. The second kappa shape index (κ2) is 9.58. The van der Waals surface area contributed by atoms with Gasteiger partial charge in [-0.3, -0.25) is 9.13 Å². The number of halogens is 1. The minimum atomic E-state index is -1.83. The van der Waals surface area contributed by atoms with Gasteiger partial charge in [-0.25, -0.2) is 9.59 Å². The van der Waals surface area contributed by atoms with Crippen LogP contribution in [0.4, 0.5) is 4.79 Å². The third-order valence-corrected chi connectivity index (χ3v) is 7.33. The van der Waals surface area contributed by atoms with Crippen LogP contribution in [0, 0.1) is 19.8 Å². The summed E-state index contributed by atoms with van der Waals surface area (Å²) in [7, 11) is 2.09. The Balaban J connectivity index is 0.000000636. The van der Waals surface area contributed by atoms with Gasteiger partial charge in [-0.2, -0.15) is 0 Å². The van der Waals surface area contributed by atoms with E-state index in [0.29, 0.717) is 17.5 Å². The summed E-state index contributed by atoms with van der Waals surface area (Å²) in [6.07, 6.45) is 3.18. The van der Waals surface area contributed by atoms with E-state index in [-0.39, 0.29) is 5.69 Å². The minimum absolute atomic E-state index is 0.0823. The number of nitrogens with zero attached hydrogens (tertiary/aromatic N) is 3. The van der Waals surface area contributed by atoms with Gasteiger partial charge in [0.25, 0.3) is 0 Å². The Labute approximate surface area is 202 Å². The normalized spacial score (nSPS) is 14.0. The van der Waals surface area contributed by atoms with E-state index in [2.05, 4.69) is 37.6 Å². The lowest BCUT2D eigenvalue weighted by Crippen LogP contribution is -2.27. The van der Waals surface area contributed by atoms with Gasteiger partial charge in [-0.05, 0) is 68.0 Å². The standard InChI is InChI=1S/C25H28ClN3O.CH2O3/c1-16-17(2)27(3)24-19(12-20(26)13-21(16)24)15-29-23-11-7-6-10-22(23)28(25(29)30)14-18-8-4-5-9-18;2-1(3)4/h6-7,10-13,18H,4-5,8-9,14-15H2,1-3H3;(H2,2,3,4). The van der Waals surface area contributed by atoms with Crippen LogP contribution in [-0.4, -0.2) is 30.1 Å². The second-order valence-corrected chi connectivity index (χ2v) is 9.57. The van der Waals surface area contributed by atoms with Gasteiger partial charge >= 0.3 is 11.8 Å². The Kier molecular flexibility index (Phi) is 6.75. The summed E-state index contributed by atoms with van der Waals surface area (Å²) in [5, 5.41) is 15.8. The number of fused-ring (bicyclic) bond motifs is 2. The molecule has 0 saturated heterocycles. The van der Waals surface area contributed by atoms with Crippen molar-refractivity contribution in [1.82, 2.24) is 13.7 Å². The number of carboxylic acid groups (broad SMARTS) is 2. The van der Waals surface area contributed by atoms with Gasteiger partial charge < -0.3 is 14.8 Å². The van der Waals surface area contributed by atoms with Crippen molar-refractivity contribution < 1.29 is 15.0 Å². The maximum Gasteiger partial charge on any atom is 0.503 e. The monoisotopic (exact) mass is 483 g/mol. The van der Waals surface area contributed by atoms with E-state index in [9.17, 15) is 4.79 Å². The first kappa shape index (κ1) is 24.0. The summed E-state index contributed by atoms with van der Waals surface area (Å²) >= 11 is 6.50. The molecule has 0 unspecified atom stereocenters. The molecule has 2 aromatic heterocycles. The molecule has 7 nitrogen and oxygen atoms in total. The van der Waals surface area contributed by atoms with Crippen molar-refractivity contribution >= 4 is 39.7 Å². The predicted molar refractivity (Wildman–Crippen MR) is 135 cm³/mol. The third-order valence-electron chi connectivity index (χ3n) is 7.11. The number of benzene rings is 2. The molecule has 5 rings (SSSR count). The summed E-state index contributed by atoms with van der Waals surface area (Å²) in [6.45, 7) is 5.61. The lowest BCUT2D eigenvalue weighted by atomic mass is 10.1. The molecule has 0 radical (unpaired) electrons. The highest BCUT2D eigenvalue weighted by Gasteiger charge is 2.21. The zero-order chi connectivity index (χ0) is 24.6. The molecule has 4 aromatic rings. The average molecular weight is 484 g/mol. The van der Waals surface area contributed by atoms with Crippen molar-refractivity contribution in [2.75, 3.05) is 0 Å². The molecular weight excluding hydrogens is 454 g/mol. The van der Waals surface area contributed by atoms with E-state index in [1.54, 1.807) is 0 Å². The van der Waals surface area contributed by atoms with Crippen molar-refractivity contribution in [3.8, 4) is 0 Å². The number of carbonyl (C=O) groups is 1. The van der Waals surface area contributed by atoms with Crippen LogP contribution in [0.25, 0.3) is 21.9 Å². The van der Waals surface area contributed by atoms with Crippen molar-refractivity contribution in [3.05, 3.63) is 68.7 Å². The van der Waals surface area contributed by atoms with Crippen LogP contribution in [0.3, 0.4) is 0 Å². The van der Waals surface area contributed by atoms with Gasteiger partial charge in [-0.15, -0.1) is 0 Å². The van der Waals surface area contributed by atoms with E-state index >= 15 is 0 Å². The van der Waals surface area contributed by atoms with Gasteiger partial charge in [0, 0.05) is 29.7 Å². The molecule has 1 fully saturated rings. The predicted octanol–water partition coefficient (Wildman–Crippen LogP) is 6.03. The number of hydrogen-bond acceptors (Lipinski definition) is 2. The molecule has 1 aliphatic carbocycles. The Hall–Kier alpha value is -3.19. The molecule has 8 heteroatoms. The van der Waals surface area contributed by atoms with E-state index in [1.807, 2.05) is 33.4 Å². The number of rotatable bonds is 4. The van der Waals surface area contributed by atoms with Crippen LogP contribution < -0.4 is 5.69 Å². The van der Waals surface area contributed by atoms with Crippen LogP contribution >= 0.6 is 11.6 Å². The van der Waals surface area contributed by atoms with Crippen molar-refractivity contribution in [3.63, 3.8) is 0 Å². The minimum Gasteiger partial charge on any atom is -0.450 e. The smallest absolute Gasteiger partial charge is 0.450 e. The first-order chi connectivity index (χ1) is 16.2. The maximum atomic E-state index is 13.5. The molecule has 0 spiro atoms. The van der Waals surface area contributed by atoms with Crippen LogP contribution in [0.2, 0.25) is 5.02 Å². The van der Waals surface area contributed by atoms with Crippen molar-refractivity contribution in [1.29, 1.82) is 0 Å². The molecule has 180 valence electrons. The van der Waals surface area contributed by atoms with Gasteiger partial charge in [0.1, 0.15) is 0 Å². The van der Waals surface area contributed by atoms with E-state index in [0.717, 1.165) is 28.7 Å². The quantitative estimate of drug-likeness (QED) is 0.371. The lowest BCUT2D eigenvalue weighted by molar-refractivity contribution is 0.137. The fraction of sp³-hybridized carbons (Fsp3) is 0.385. The van der Waals surface area contributed by atoms with E-state index < -0.39 is 6.16 Å². The summed E-state index contributed by atoms with van der Waals surface area (Å²) in [5.74, 6) is 0.609. The molecule has 0 atom stereocenters. The molecule has 1 saturated carbocycles. The summed E-state index contributed by atoms with van der Waals surface area (Å²) in [4.78, 5) is 22.1. The molecular formula is C26H30ClN3O4. The molecule has 2 heterocycles. The Morgan fingerprint density at radius 3 is 2.26 bits per heavy atom. The van der Waals surface area contributed by atoms with Gasteiger partial charge in [-0.1, -0.05) is 36.6 Å². The highest BCUT2D eigenvalue weighted by molar-refractivity contribution is 6.31. The van der Waals surface area contributed by atoms with Crippen molar-refractivity contribution in [2.24, 2.45) is 13.0 Å². The number of hydrogen-bond donors (Lipinski definition) is 2. The Bertz CT molecular complexity index is 1420. The fourth-order valence-electron chi connectivity index (χ4n) is 5.30. The Morgan fingerprint density at radius 1 is 1.06 bits per heavy atom. The van der Waals surface area contributed by atoms with Gasteiger partial charge in [0.2, 0.25) is 0 Å². The summed E-state index contributed by atoms with van der Waals surface area (Å²) in [6, 6.07) is 12.2. The average Bonchev–Trinajstić information content (AvgIpc) is 3.45. The maximum absolute atomic E-state index is 13.5. The van der Waals surface area contributed by atoms with Crippen LogP contribution in [0.1, 0.15) is 42.5 Å². The van der Waals surface area contributed by atoms with Crippen LogP contribution in [0.15, 0.2) is 41.2 Å². The lowest BCUT2D eigenvalue weighted by Gasteiger charge is -2.10. The molecule has 2 N–H and O–H groups in total. The van der Waals surface area contributed by atoms with Gasteiger partial charge in [0.05, 0.1) is 23.1 Å². The molecule has 0 bridgehead atoms. The highest BCUT2D eigenvalue weighted by Crippen LogP contribution is 2.32. The second-order valence-electron chi connectivity index (χ2n) is 9.13. The van der Waals surface area contributed by atoms with Crippen molar-refractivity contribution in [2.45, 2.75) is 52.6 Å². The van der Waals surface area contributed by atoms with E-state index in [1.165, 1.54) is 42.3 Å². The number of aromatic nitrogens is 3. The molecule has 0 amide bonds. The van der Waals surface area contributed by atoms with Crippen LogP contribution in [-0.2, 0) is 20.1 Å². The SMILES string of the molecule is Cc1c(C)n(C)c2c(Cn3c(=O)n(CC4CCCC4)c4ccccc43)cc(Cl)cc12.O=C(O)O. The zero-order valence-electron chi connectivity index (χ0n) is 19.7. The zero-order valence-corrected chi connectivity index (χ0v) is 20.5. The molecule has 2 aromatic carbocycles. The molecule has 1 aliphatic rings. The number of para-hydroxylation sites is 2. The van der Waals surface area contributed by atoms with E-state index in [4.69, 9.17) is 26.6 Å². The van der Waals surface area contributed by atoms with Gasteiger partial charge in [0.15, 0.2) is 0 Å². The Morgan fingerprint density at radius 2 is 1.65 bits per heavy atom. The first-order valence-electron chi connectivity index (χ1n) is 11.5. The molecule has 0 aliphatic heterocycles. The fourth-order valence-corrected chi connectivity index (χ4v) is 5.54. The number of aryl methyl sites for hydroxylation is 2.